The molecule has 0 aliphatic rings. The van der Waals surface area contributed by atoms with Crippen LogP contribution in [0.4, 0.5) is 5.69 Å². The Bertz CT molecular complexity index is 850. The number of hydrogen-bond acceptors (Lipinski definition) is 4. The molecule has 0 heterocycles. The van der Waals surface area contributed by atoms with Gasteiger partial charge in [0.15, 0.2) is 0 Å². The van der Waals surface area contributed by atoms with Gasteiger partial charge in [-0.1, -0.05) is 50.5 Å². The monoisotopic (exact) mass is 411 g/mol. The van der Waals surface area contributed by atoms with Crippen LogP contribution < -0.4 is 20.7 Å². The molecule has 2 rings (SSSR count). The van der Waals surface area contributed by atoms with Crippen molar-refractivity contribution in [3.63, 3.8) is 0 Å². The fourth-order valence-corrected chi connectivity index (χ4v) is 2.82. The molecule has 0 saturated heterocycles. The zero-order valence-corrected chi connectivity index (χ0v) is 17.5. The molecule has 0 spiro atoms. The number of carbonyl (C=O) groups is 3. The molecule has 0 saturated carbocycles. The van der Waals surface area contributed by atoms with Crippen molar-refractivity contribution in [3.8, 4) is 5.75 Å². The Morgan fingerprint density at radius 3 is 2.30 bits per heavy atom. The summed E-state index contributed by atoms with van der Waals surface area (Å²) in [7, 11) is 1.59. The Kier molecular flexibility index (Phi) is 9.37. The van der Waals surface area contributed by atoms with Crippen molar-refractivity contribution in [1.29, 1.82) is 0 Å². The molecule has 0 aliphatic carbocycles. The van der Waals surface area contributed by atoms with Gasteiger partial charge in [0, 0.05) is 13.1 Å². The van der Waals surface area contributed by atoms with Crippen LogP contribution in [-0.4, -0.2) is 31.4 Å². The maximum Gasteiger partial charge on any atom is 0.313 e. The second kappa shape index (κ2) is 12.3. The zero-order chi connectivity index (χ0) is 21.8. The van der Waals surface area contributed by atoms with E-state index in [4.69, 9.17) is 4.74 Å². The molecule has 0 unspecified atom stereocenters. The predicted octanol–water partition coefficient (Wildman–Crippen LogP) is 3.26. The first-order chi connectivity index (χ1) is 14.5. The van der Waals surface area contributed by atoms with Crippen LogP contribution in [0.2, 0.25) is 0 Å². The van der Waals surface area contributed by atoms with E-state index in [1.165, 1.54) is 0 Å². The van der Waals surface area contributed by atoms with Crippen LogP contribution in [0.1, 0.15) is 48.5 Å². The molecule has 30 heavy (non-hydrogen) atoms. The van der Waals surface area contributed by atoms with Gasteiger partial charge >= 0.3 is 11.8 Å². The number of benzene rings is 2. The number of hydrogen-bond donors (Lipinski definition) is 3. The summed E-state index contributed by atoms with van der Waals surface area (Å²) in [5, 5.41) is 7.95. The summed E-state index contributed by atoms with van der Waals surface area (Å²) in [5.41, 5.74) is 1.49. The number of nitrogens with one attached hydrogen (secondary N) is 3. The van der Waals surface area contributed by atoms with Gasteiger partial charge in [0.1, 0.15) is 5.75 Å². The summed E-state index contributed by atoms with van der Waals surface area (Å²) >= 11 is 0. The van der Waals surface area contributed by atoms with Gasteiger partial charge in [-0.25, -0.2) is 0 Å². The molecule has 2 aromatic rings. The summed E-state index contributed by atoms with van der Waals surface area (Å²) in [4.78, 5) is 36.8. The third-order valence-corrected chi connectivity index (χ3v) is 4.55. The Labute approximate surface area is 177 Å². The zero-order valence-electron chi connectivity index (χ0n) is 17.5. The number of para-hydroxylation sites is 1. The third-order valence-electron chi connectivity index (χ3n) is 4.55. The van der Waals surface area contributed by atoms with Gasteiger partial charge in [-0.15, -0.1) is 0 Å². The number of unbranched alkanes of at least 4 members (excludes halogenated alkanes) is 3. The molecule has 160 valence electrons. The van der Waals surface area contributed by atoms with Gasteiger partial charge in [-0.3, -0.25) is 14.4 Å². The predicted molar refractivity (Wildman–Crippen MR) is 116 cm³/mol. The van der Waals surface area contributed by atoms with E-state index in [2.05, 4.69) is 22.9 Å². The SMILES string of the molecule is CCCCCCNC(=O)C(=O)Nc1ccccc1C(=O)NCc1ccc(OC)cc1. The van der Waals surface area contributed by atoms with E-state index in [9.17, 15) is 14.4 Å². The lowest BCUT2D eigenvalue weighted by molar-refractivity contribution is -0.136. The molecule has 0 bridgehead atoms. The smallest absolute Gasteiger partial charge is 0.313 e. The average molecular weight is 412 g/mol. The normalized spacial score (nSPS) is 10.2. The first kappa shape index (κ1) is 22.9. The Hall–Kier alpha value is -3.35. The van der Waals surface area contributed by atoms with Gasteiger partial charge in [0.25, 0.3) is 5.91 Å². The Morgan fingerprint density at radius 2 is 1.60 bits per heavy atom. The standard InChI is InChI=1S/C23H29N3O4/c1-3-4-5-8-15-24-22(28)23(29)26-20-10-7-6-9-19(20)21(27)25-16-17-11-13-18(30-2)14-12-17/h6-7,9-14H,3-5,8,15-16H2,1-2H3,(H,24,28)(H,25,27)(H,26,29). The summed E-state index contributed by atoms with van der Waals surface area (Å²) < 4.78 is 5.12. The van der Waals surface area contributed by atoms with Crippen LogP contribution >= 0.6 is 0 Å². The van der Waals surface area contributed by atoms with Crippen molar-refractivity contribution < 1.29 is 19.1 Å². The Morgan fingerprint density at radius 1 is 0.867 bits per heavy atom. The second-order valence-corrected chi connectivity index (χ2v) is 6.85. The number of ether oxygens (including phenoxy) is 1. The molecule has 2 aromatic carbocycles. The molecule has 3 amide bonds. The molecule has 0 aromatic heterocycles. The van der Waals surface area contributed by atoms with E-state index in [1.54, 1.807) is 31.4 Å². The van der Waals surface area contributed by atoms with Crippen molar-refractivity contribution in [2.75, 3.05) is 19.0 Å². The molecule has 7 nitrogen and oxygen atoms in total. The minimum absolute atomic E-state index is 0.287. The van der Waals surface area contributed by atoms with Crippen LogP contribution in [0, 0.1) is 0 Å². The van der Waals surface area contributed by atoms with Gasteiger partial charge in [0.2, 0.25) is 0 Å². The number of amides is 3. The highest BCUT2D eigenvalue weighted by Crippen LogP contribution is 2.16. The third kappa shape index (κ3) is 7.24. The summed E-state index contributed by atoms with van der Waals surface area (Å²) in [6.07, 6.45) is 4.04. The molecule has 0 aliphatic heterocycles. The maximum absolute atomic E-state index is 12.6. The van der Waals surface area contributed by atoms with Crippen LogP contribution in [0.15, 0.2) is 48.5 Å². The fourth-order valence-electron chi connectivity index (χ4n) is 2.82. The quantitative estimate of drug-likeness (QED) is 0.413. The van der Waals surface area contributed by atoms with Crippen LogP contribution in [-0.2, 0) is 16.1 Å². The van der Waals surface area contributed by atoms with Crippen molar-refractivity contribution in [3.05, 3.63) is 59.7 Å². The lowest BCUT2D eigenvalue weighted by Gasteiger charge is -2.12. The van der Waals surface area contributed by atoms with E-state index < -0.39 is 11.8 Å². The first-order valence-corrected chi connectivity index (χ1v) is 10.1. The lowest BCUT2D eigenvalue weighted by Crippen LogP contribution is -2.36. The highest BCUT2D eigenvalue weighted by Gasteiger charge is 2.17. The minimum Gasteiger partial charge on any atom is -0.497 e. The van der Waals surface area contributed by atoms with Crippen LogP contribution in [0.25, 0.3) is 0 Å². The average Bonchev–Trinajstić information content (AvgIpc) is 2.77. The molecule has 0 fully saturated rings. The highest BCUT2D eigenvalue weighted by molar-refractivity contribution is 6.40. The van der Waals surface area contributed by atoms with E-state index >= 15 is 0 Å². The van der Waals surface area contributed by atoms with Crippen LogP contribution in [0.3, 0.4) is 0 Å². The minimum atomic E-state index is -0.791. The molecule has 7 heteroatoms. The van der Waals surface area contributed by atoms with Gasteiger partial charge in [-0.05, 0) is 36.2 Å². The molecule has 0 radical (unpaired) electrons. The molecule has 0 atom stereocenters. The van der Waals surface area contributed by atoms with Gasteiger partial charge < -0.3 is 20.7 Å². The summed E-state index contributed by atoms with van der Waals surface area (Å²) in [5.74, 6) is -1.11. The number of rotatable bonds is 10. The molecular weight excluding hydrogens is 382 g/mol. The first-order valence-electron chi connectivity index (χ1n) is 10.1. The highest BCUT2D eigenvalue weighted by atomic mass is 16.5. The molecule has 3 N–H and O–H groups in total. The van der Waals surface area contributed by atoms with E-state index in [0.717, 1.165) is 37.0 Å². The second-order valence-electron chi connectivity index (χ2n) is 6.85. The van der Waals surface area contributed by atoms with Crippen molar-refractivity contribution in [2.45, 2.75) is 39.2 Å². The number of methoxy groups -OCH3 is 1. The largest absolute Gasteiger partial charge is 0.497 e. The summed E-state index contributed by atoms with van der Waals surface area (Å²) in [6, 6.07) is 13.9. The number of anilines is 1. The Balaban J connectivity index is 1.91. The van der Waals surface area contributed by atoms with E-state index in [-0.39, 0.29) is 17.2 Å². The fraction of sp³-hybridized carbons (Fsp3) is 0.348. The maximum atomic E-state index is 12.6. The van der Waals surface area contributed by atoms with Crippen LogP contribution in [0.5, 0.6) is 5.75 Å². The van der Waals surface area contributed by atoms with E-state index in [1.807, 2.05) is 24.3 Å². The number of carbonyl (C=O) groups excluding carboxylic acids is 3. The van der Waals surface area contributed by atoms with Crippen molar-refractivity contribution >= 4 is 23.4 Å². The van der Waals surface area contributed by atoms with E-state index in [0.29, 0.717) is 13.1 Å². The van der Waals surface area contributed by atoms with Crippen molar-refractivity contribution in [1.82, 2.24) is 10.6 Å². The van der Waals surface area contributed by atoms with Gasteiger partial charge in [-0.2, -0.15) is 0 Å². The topological polar surface area (TPSA) is 96.5 Å². The summed E-state index contributed by atoms with van der Waals surface area (Å²) in [6.45, 7) is 2.89. The van der Waals surface area contributed by atoms with Crippen molar-refractivity contribution in [2.24, 2.45) is 0 Å². The molecular formula is C23H29N3O4. The van der Waals surface area contributed by atoms with Gasteiger partial charge in [0.05, 0.1) is 18.4 Å². The lowest BCUT2D eigenvalue weighted by atomic mass is 10.1.